The molecule has 45 heavy (non-hydrogen) atoms. The van der Waals surface area contributed by atoms with Crippen molar-refractivity contribution in [2.75, 3.05) is 26.2 Å². The molecule has 3 atom stereocenters. The van der Waals surface area contributed by atoms with Gasteiger partial charge >= 0.3 is 13.3 Å². The highest BCUT2D eigenvalue weighted by molar-refractivity contribution is 7.52. The lowest BCUT2D eigenvalue weighted by Gasteiger charge is -2.38. The number of nitrogens with one attached hydrogen (secondary N) is 1. The van der Waals surface area contributed by atoms with Crippen LogP contribution in [0, 0.1) is 0 Å². The lowest BCUT2D eigenvalue weighted by molar-refractivity contribution is -0.151. The van der Waals surface area contributed by atoms with Gasteiger partial charge in [0.25, 0.3) is 5.91 Å². The standard InChI is InChI=1S/C30H34F2N3O8PS/c1-29(2,39)25(33-26(36)24-16-19-15-20(10-11-23(19)45-24)30(31,32)44(40,41)42)28(38)35-12-6-9-21(35)27(37)34-13-14-43-22(17-34)18-7-4-3-5-8-18/h3-5,7-8,10-11,15-16,21-22,25,39H,6,9,12-14,17H2,1-2H3,(H,33,36)(H2,40,41,42). The zero-order valence-corrected chi connectivity index (χ0v) is 26.3. The molecule has 0 radical (unpaired) electrons. The number of carbonyl (C=O) groups is 3. The van der Waals surface area contributed by atoms with Crippen molar-refractivity contribution in [2.24, 2.45) is 0 Å². The topological polar surface area (TPSA) is 157 Å². The molecule has 242 valence electrons. The van der Waals surface area contributed by atoms with E-state index in [1.165, 1.54) is 30.9 Å². The molecule has 3 amide bonds. The Kier molecular flexibility index (Phi) is 9.20. The smallest absolute Gasteiger partial charge is 0.388 e. The molecule has 4 N–H and O–H groups in total. The number of aliphatic hydroxyl groups is 1. The van der Waals surface area contributed by atoms with Crippen molar-refractivity contribution in [3.05, 3.63) is 70.6 Å². The minimum absolute atomic E-state index is 0.0259. The first-order valence-electron chi connectivity index (χ1n) is 14.3. The van der Waals surface area contributed by atoms with Crippen molar-refractivity contribution in [3.63, 3.8) is 0 Å². The second-order valence-electron chi connectivity index (χ2n) is 11.8. The van der Waals surface area contributed by atoms with Crippen molar-refractivity contribution in [3.8, 4) is 0 Å². The summed E-state index contributed by atoms with van der Waals surface area (Å²) < 4.78 is 46.1. The number of alkyl halides is 2. The third-order valence-electron chi connectivity index (χ3n) is 8.05. The van der Waals surface area contributed by atoms with Gasteiger partial charge in [-0.3, -0.25) is 18.9 Å². The highest BCUT2D eigenvalue weighted by Crippen LogP contribution is 2.59. The number of amides is 3. The summed E-state index contributed by atoms with van der Waals surface area (Å²) in [5, 5.41) is 13.7. The molecule has 2 aromatic carbocycles. The number of nitrogens with zero attached hydrogens (tertiary/aromatic N) is 2. The van der Waals surface area contributed by atoms with Crippen molar-refractivity contribution in [1.82, 2.24) is 15.1 Å². The fourth-order valence-corrected chi connectivity index (χ4v) is 7.06. The SMILES string of the molecule is CC(C)(O)C(NC(=O)c1cc2cc(C(F)(F)P(=O)(O)O)ccc2s1)C(=O)N1CCCC1C(=O)N1CCOC(c2ccccc2)C1. The van der Waals surface area contributed by atoms with Crippen LogP contribution in [0.4, 0.5) is 8.78 Å². The molecule has 2 saturated heterocycles. The molecule has 2 aliphatic heterocycles. The molecule has 2 aliphatic rings. The largest absolute Gasteiger partial charge is 0.399 e. The van der Waals surface area contributed by atoms with Crippen LogP contribution in [-0.4, -0.2) is 86.3 Å². The molecule has 3 unspecified atom stereocenters. The number of halogens is 2. The highest BCUT2D eigenvalue weighted by Gasteiger charge is 2.50. The van der Waals surface area contributed by atoms with E-state index in [-0.39, 0.29) is 28.8 Å². The van der Waals surface area contributed by atoms with Crippen LogP contribution in [0.5, 0.6) is 0 Å². The number of rotatable bonds is 8. The van der Waals surface area contributed by atoms with Crippen LogP contribution in [0.2, 0.25) is 0 Å². The molecular formula is C30H34F2N3O8PS. The van der Waals surface area contributed by atoms with Crippen LogP contribution in [0.15, 0.2) is 54.6 Å². The van der Waals surface area contributed by atoms with E-state index in [1.807, 2.05) is 30.3 Å². The Morgan fingerprint density at radius 1 is 1.09 bits per heavy atom. The number of ether oxygens (including phenoxy) is 1. The Balaban J connectivity index is 1.32. The van der Waals surface area contributed by atoms with Gasteiger partial charge in [0.2, 0.25) is 11.8 Å². The van der Waals surface area contributed by atoms with E-state index < -0.39 is 48.3 Å². The second-order valence-corrected chi connectivity index (χ2v) is 14.5. The average Bonchev–Trinajstić information content (AvgIpc) is 3.66. The van der Waals surface area contributed by atoms with Crippen LogP contribution in [0.25, 0.3) is 10.1 Å². The van der Waals surface area contributed by atoms with Gasteiger partial charge in [-0.05, 0) is 55.8 Å². The number of hydrogen-bond acceptors (Lipinski definition) is 7. The summed E-state index contributed by atoms with van der Waals surface area (Å²) in [6, 6.07) is 11.6. The van der Waals surface area contributed by atoms with Gasteiger partial charge in [0.15, 0.2) is 0 Å². The summed E-state index contributed by atoms with van der Waals surface area (Å²) in [6.07, 6.45) is 0.666. The summed E-state index contributed by atoms with van der Waals surface area (Å²) >= 11 is 0.921. The van der Waals surface area contributed by atoms with Gasteiger partial charge in [-0.1, -0.05) is 36.4 Å². The molecule has 1 aromatic heterocycles. The van der Waals surface area contributed by atoms with Gasteiger partial charge in [-0.25, -0.2) is 0 Å². The van der Waals surface area contributed by atoms with Gasteiger partial charge in [0.1, 0.15) is 18.2 Å². The third-order valence-corrected chi connectivity index (χ3v) is 10.2. The molecule has 0 aliphatic carbocycles. The molecule has 3 heterocycles. The second kappa shape index (κ2) is 12.5. The number of benzene rings is 2. The van der Waals surface area contributed by atoms with Gasteiger partial charge in [-0.2, -0.15) is 8.78 Å². The predicted octanol–water partition coefficient (Wildman–Crippen LogP) is 3.59. The molecular weight excluding hydrogens is 631 g/mol. The van der Waals surface area contributed by atoms with E-state index in [0.717, 1.165) is 29.0 Å². The molecule has 0 spiro atoms. The van der Waals surface area contributed by atoms with Crippen molar-refractivity contribution in [1.29, 1.82) is 0 Å². The number of likely N-dealkylation sites (tertiary alicyclic amines) is 1. The molecule has 15 heteroatoms. The average molecular weight is 666 g/mol. The Labute approximate surface area is 261 Å². The lowest BCUT2D eigenvalue weighted by Crippen LogP contribution is -2.61. The van der Waals surface area contributed by atoms with Gasteiger partial charge < -0.3 is 34.7 Å². The summed E-state index contributed by atoms with van der Waals surface area (Å²) in [5.74, 6) is -1.64. The van der Waals surface area contributed by atoms with E-state index >= 15 is 0 Å². The summed E-state index contributed by atoms with van der Waals surface area (Å²) in [6.45, 7) is 3.99. The summed E-state index contributed by atoms with van der Waals surface area (Å²) in [4.78, 5) is 62.1. The number of hydrogen-bond donors (Lipinski definition) is 4. The fourth-order valence-electron chi connectivity index (χ4n) is 5.64. The lowest BCUT2D eigenvalue weighted by atomic mass is 9.96. The third kappa shape index (κ3) is 6.81. The minimum Gasteiger partial charge on any atom is -0.388 e. The number of thiophene rings is 1. The molecule has 5 rings (SSSR count). The van der Waals surface area contributed by atoms with Gasteiger partial charge in [0.05, 0.1) is 23.6 Å². The summed E-state index contributed by atoms with van der Waals surface area (Å²) in [7, 11) is -5.79. The first-order valence-corrected chi connectivity index (χ1v) is 16.8. The first-order chi connectivity index (χ1) is 21.1. The normalized spacial score (nSPS) is 20.3. The maximum Gasteiger partial charge on any atom is 0.399 e. The quantitative estimate of drug-likeness (QED) is 0.266. The van der Waals surface area contributed by atoms with Crippen LogP contribution in [0.1, 0.15) is 53.6 Å². The van der Waals surface area contributed by atoms with Crippen LogP contribution in [0.3, 0.4) is 0 Å². The van der Waals surface area contributed by atoms with Crippen molar-refractivity contribution >= 4 is 46.7 Å². The van der Waals surface area contributed by atoms with Gasteiger partial charge in [-0.15, -0.1) is 11.3 Å². The van der Waals surface area contributed by atoms with Crippen molar-refractivity contribution < 1.29 is 47.4 Å². The van der Waals surface area contributed by atoms with E-state index in [1.54, 1.807) is 4.90 Å². The predicted molar refractivity (Wildman–Crippen MR) is 162 cm³/mol. The van der Waals surface area contributed by atoms with E-state index in [2.05, 4.69) is 5.32 Å². The molecule has 0 saturated carbocycles. The zero-order chi connectivity index (χ0) is 32.7. The molecule has 2 fully saturated rings. The zero-order valence-electron chi connectivity index (χ0n) is 24.6. The van der Waals surface area contributed by atoms with Crippen LogP contribution < -0.4 is 5.32 Å². The highest BCUT2D eigenvalue weighted by atomic mass is 32.1. The van der Waals surface area contributed by atoms with Crippen LogP contribution in [-0.2, 0) is 24.6 Å². The number of carbonyl (C=O) groups excluding carboxylic acids is 3. The summed E-state index contributed by atoms with van der Waals surface area (Å²) in [5.41, 5.74) is -6.13. The van der Waals surface area contributed by atoms with Gasteiger partial charge in [0, 0.05) is 23.4 Å². The monoisotopic (exact) mass is 665 g/mol. The Hall–Kier alpha value is -3.26. The maximum atomic E-state index is 14.3. The van der Waals surface area contributed by atoms with Crippen molar-refractivity contribution in [2.45, 2.75) is 56.1 Å². The number of morpholine rings is 1. The van der Waals surface area contributed by atoms with Crippen LogP contribution >= 0.6 is 18.9 Å². The molecule has 0 bridgehead atoms. The Morgan fingerprint density at radius 2 is 1.80 bits per heavy atom. The molecule has 11 nitrogen and oxygen atoms in total. The Morgan fingerprint density at radius 3 is 2.47 bits per heavy atom. The Bertz CT molecular complexity index is 1640. The first kappa shape index (κ1) is 33.1. The number of fused-ring (bicyclic) bond motifs is 1. The minimum atomic E-state index is -5.79. The molecule has 3 aromatic rings. The van der Waals surface area contributed by atoms with E-state index in [0.29, 0.717) is 37.2 Å². The maximum absolute atomic E-state index is 14.3. The van der Waals surface area contributed by atoms with E-state index in [4.69, 9.17) is 14.5 Å². The fraction of sp³-hybridized carbons (Fsp3) is 0.433. The van der Waals surface area contributed by atoms with E-state index in [9.17, 15) is 32.8 Å².